The van der Waals surface area contributed by atoms with E-state index < -0.39 is 0 Å². The van der Waals surface area contributed by atoms with Crippen LogP contribution >= 0.6 is 23.2 Å². The molecule has 6 nitrogen and oxygen atoms in total. The van der Waals surface area contributed by atoms with Gasteiger partial charge in [-0.05, 0) is 18.6 Å². The number of aliphatic hydroxyl groups is 1. The van der Waals surface area contributed by atoms with E-state index in [9.17, 15) is 9.90 Å². The minimum absolute atomic E-state index is 0.0762. The third kappa shape index (κ3) is 3.91. The van der Waals surface area contributed by atoms with Gasteiger partial charge in [0.15, 0.2) is 0 Å². The van der Waals surface area contributed by atoms with Crippen molar-refractivity contribution in [3.8, 4) is 5.75 Å². The zero-order valence-electron chi connectivity index (χ0n) is 11.2. The molecule has 0 spiro atoms. The molecule has 2 atom stereocenters. The maximum atomic E-state index is 11.5. The summed E-state index contributed by atoms with van der Waals surface area (Å²) in [6, 6.07) is 2.43. The smallest absolute Gasteiger partial charge is 0.315 e. The van der Waals surface area contributed by atoms with E-state index >= 15 is 0 Å². The SMILES string of the molecule is O=C(NCCO)NC1CN[C@@H](c2c(O)ccc(Cl)c2Cl)C1. The first-order valence-corrected chi connectivity index (χ1v) is 7.34. The summed E-state index contributed by atoms with van der Waals surface area (Å²) in [5.41, 5.74) is 0.546. The molecule has 5 N–H and O–H groups in total. The van der Waals surface area contributed by atoms with E-state index in [1.54, 1.807) is 0 Å². The van der Waals surface area contributed by atoms with Crippen LogP contribution < -0.4 is 16.0 Å². The summed E-state index contributed by atoms with van der Waals surface area (Å²) in [4.78, 5) is 11.5. The molecule has 1 heterocycles. The van der Waals surface area contributed by atoms with Gasteiger partial charge in [-0.25, -0.2) is 4.79 Å². The van der Waals surface area contributed by atoms with Gasteiger partial charge in [0.1, 0.15) is 5.75 Å². The third-order valence-electron chi connectivity index (χ3n) is 3.32. The number of phenols is 1. The molecule has 0 bridgehead atoms. The second-order valence-corrected chi connectivity index (χ2v) is 5.60. The van der Waals surface area contributed by atoms with Gasteiger partial charge in [-0.3, -0.25) is 0 Å². The average molecular weight is 334 g/mol. The van der Waals surface area contributed by atoms with Crippen LogP contribution in [0, 0.1) is 0 Å². The number of hydrogen-bond donors (Lipinski definition) is 5. The molecular weight excluding hydrogens is 317 g/mol. The molecule has 1 unspecified atom stereocenters. The number of aromatic hydroxyl groups is 1. The monoisotopic (exact) mass is 333 g/mol. The van der Waals surface area contributed by atoms with Crippen molar-refractivity contribution < 1.29 is 15.0 Å². The Morgan fingerprint density at radius 1 is 1.43 bits per heavy atom. The molecule has 116 valence electrons. The minimum atomic E-state index is -0.335. The lowest BCUT2D eigenvalue weighted by molar-refractivity contribution is 0.231. The number of carbonyl (C=O) groups is 1. The minimum Gasteiger partial charge on any atom is -0.508 e. The molecule has 1 fully saturated rings. The van der Waals surface area contributed by atoms with E-state index in [-0.39, 0.29) is 37.0 Å². The molecule has 0 aromatic heterocycles. The zero-order chi connectivity index (χ0) is 15.4. The highest BCUT2D eigenvalue weighted by atomic mass is 35.5. The summed E-state index contributed by atoms with van der Waals surface area (Å²) in [7, 11) is 0. The molecule has 8 heteroatoms. The summed E-state index contributed by atoms with van der Waals surface area (Å²) >= 11 is 12.1. The highest BCUT2D eigenvalue weighted by molar-refractivity contribution is 6.42. The Kier molecular flexibility index (Phi) is 5.52. The van der Waals surface area contributed by atoms with Crippen molar-refractivity contribution >= 4 is 29.2 Å². The van der Waals surface area contributed by atoms with Crippen LogP contribution in [0.15, 0.2) is 12.1 Å². The summed E-state index contributed by atoms with van der Waals surface area (Å²) in [6.45, 7) is 0.654. The molecule has 2 rings (SSSR count). The van der Waals surface area contributed by atoms with Crippen molar-refractivity contribution in [1.82, 2.24) is 16.0 Å². The second-order valence-electron chi connectivity index (χ2n) is 4.81. The molecular formula is C13H17Cl2N3O3. The van der Waals surface area contributed by atoms with Gasteiger partial charge in [0, 0.05) is 30.7 Å². The van der Waals surface area contributed by atoms with Crippen LogP contribution in [-0.2, 0) is 0 Å². The maximum absolute atomic E-state index is 11.5. The van der Waals surface area contributed by atoms with Gasteiger partial charge in [-0.2, -0.15) is 0 Å². The van der Waals surface area contributed by atoms with Gasteiger partial charge in [-0.1, -0.05) is 23.2 Å². The van der Waals surface area contributed by atoms with Crippen LogP contribution in [0.5, 0.6) is 5.75 Å². The predicted molar refractivity (Wildman–Crippen MR) is 80.9 cm³/mol. The van der Waals surface area contributed by atoms with Crippen molar-refractivity contribution in [1.29, 1.82) is 0 Å². The molecule has 1 aliphatic rings. The van der Waals surface area contributed by atoms with E-state index in [0.29, 0.717) is 28.6 Å². The second kappa shape index (κ2) is 7.17. The van der Waals surface area contributed by atoms with Crippen molar-refractivity contribution in [3.63, 3.8) is 0 Å². The first-order chi connectivity index (χ1) is 10.0. The number of amides is 2. The van der Waals surface area contributed by atoms with Crippen LogP contribution in [0.25, 0.3) is 0 Å². The average Bonchev–Trinajstić information content (AvgIpc) is 2.89. The van der Waals surface area contributed by atoms with Crippen LogP contribution in [0.3, 0.4) is 0 Å². The first kappa shape index (κ1) is 16.2. The number of benzene rings is 1. The van der Waals surface area contributed by atoms with Crippen LogP contribution in [-0.4, -0.2) is 42.0 Å². The van der Waals surface area contributed by atoms with Gasteiger partial charge in [-0.15, -0.1) is 0 Å². The van der Waals surface area contributed by atoms with E-state index in [0.717, 1.165) is 0 Å². The van der Waals surface area contributed by atoms with Gasteiger partial charge < -0.3 is 26.2 Å². The Morgan fingerprint density at radius 3 is 2.90 bits per heavy atom. The fourth-order valence-electron chi connectivity index (χ4n) is 2.36. The maximum Gasteiger partial charge on any atom is 0.315 e. The Hall–Kier alpha value is -1.21. The summed E-state index contributed by atoms with van der Waals surface area (Å²) in [5.74, 6) is 0.0762. The zero-order valence-corrected chi connectivity index (χ0v) is 12.7. The van der Waals surface area contributed by atoms with E-state index in [1.165, 1.54) is 12.1 Å². The van der Waals surface area contributed by atoms with Gasteiger partial charge in [0.05, 0.1) is 16.7 Å². The molecule has 0 aliphatic carbocycles. The van der Waals surface area contributed by atoms with Crippen molar-refractivity contribution in [2.75, 3.05) is 19.7 Å². The highest BCUT2D eigenvalue weighted by Gasteiger charge is 2.30. The van der Waals surface area contributed by atoms with Crippen LogP contribution in [0.2, 0.25) is 10.0 Å². The number of rotatable bonds is 4. The summed E-state index contributed by atoms with van der Waals surface area (Å²) in [5, 5.41) is 27.8. The molecule has 1 aromatic carbocycles. The Labute approximate surface area is 132 Å². The molecule has 21 heavy (non-hydrogen) atoms. The van der Waals surface area contributed by atoms with Crippen molar-refractivity contribution in [3.05, 3.63) is 27.7 Å². The molecule has 2 amide bonds. The number of halogens is 2. The van der Waals surface area contributed by atoms with Crippen molar-refractivity contribution in [2.24, 2.45) is 0 Å². The van der Waals surface area contributed by atoms with Crippen LogP contribution in [0.1, 0.15) is 18.0 Å². The van der Waals surface area contributed by atoms with Crippen molar-refractivity contribution in [2.45, 2.75) is 18.5 Å². The lowest BCUT2D eigenvalue weighted by atomic mass is 10.0. The Bertz CT molecular complexity index is 528. The normalized spacial score (nSPS) is 21.3. The number of phenolic OH excluding ortho intramolecular Hbond substituents is 1. The van der Waals surface area contributed by atoms with Gasteiger partial charge in [0.2, 0.25) is 0 Å². The Balaban J connectivity index is 2.00. The third-order valence-corrected chi connectivity index (χ3v) is 4.14. The number of urea groups is 1. The highest BCUT2D eigenvalue weighted by Crippen LogP contribution is 2.39. The number of carbonyl (C=O) groups excluding carboxylic acids is 1. The standard InChI is InChI=1S/C13H17Cl2N3O3/c14-8-1-2-10(20)11(12(8)15)9-5-7(6-17-9)18-13(21)16-3-4-19/h1-2,7,9,17,19-20H,3-6H2,(H2,16,18,21)/t7?,9-/m1/s1. The van der Waals surface area contributed by atoms with E-state index in [1.807, 2.05) is 0 Å². The summed E-state index contributed by atoms with van der Waals surface area (Å²) < 4.78 is 0. The molecule has 1 saturated heterocycles. The van der Waals surface area contributed by atoms with E-state index in [4.69, 9.17) is 28.3 Å². The fourth-order valence-corrected chi connectivity index (χ4v) is 2.82. The topological polar surface area (TPSA) is 93.6 Å². The molecule has 1 aromatic rings. The lowest BCUT2D eigenvalue weighted by Gasteiger charge is -2.16. The number of aliphatic hydroxyl groups excluding tert-OH is 1. The lowest BCUT2D eigenvalue weighted by Crippen LogP contribution is -2.43. The first-order valence-electron chi connectivity index (χ1n) is 6.58. The summed E-state index contributed by atoms with van der Waals surface area (Å²) in [6.07, 6.45) is 0.583. The quantitative estimate of drug-likeness (QED) is 0.575. The van der Waals surface area contributed by atoms with Gasteiger partial charge >= 0.3 is 6.03 Å². The van der Waals surface area contributed by atoms with Crippen LogP contribution in [0.4, 0.5) is 4.79 Å². The van der Waals surface area contributed by atoms with Gasteiger partial charge in [0.25, 0.3) is 0 Å². The fraction of sp³-hybridized carbons (Fsp3) is 0.462. The Morgan fingerprint density at radius 2 is 2.19 bits per heavy atom. The molecule has 0 saturated carbocycles. The number of hydrogen-bond acceptors (Lipinski definition) is 4. The molecule has 1 aliphatic heterocycles. The molecule has 0 radical (unpaired) electrons. The van der Waals surface area contributed by atoms with E-state index in [2.05, 4.69) is 16.0 Å². The number of nitrogens with one attached hydrogen (secondary N) is 3. The predicted octanol–water partition coefficient (Wildman–Crippen LogP) is 1.39. The largest absolute Gasteiger partial charge is 0.508 e.